The van der Waals surface area contributed by atoms with Crippen LogP contribution in [0.2, 0.25) is 0 Å². The number of phenols is 1. The molecule has 1 aromatic carbocycles. The molecular formula is C11H13NO2. The highest BCUT2D eigenvalue weighted by molar-refractivity contribution is 5.99. The lowest BCUT2D eigenvalue weighted by Crippen LogP contribution is -2.08. The van der Waals surface area contributed by atoms with E-state index in [9.17, 15) is 9.90 Å². The highest BCUT2D eigenvalue weighted by Gasteiger charge is 2.04. The molecule has 0 saturated carbocycles. The number of carbonyl (C=O) groups excluding carboxylic acids is 1. The topological polar surface area (TPSA) is 49.3 Å². The molecule has 0 aromatic heterocycles. The number of anilines is 1. The summed E-state index contributed by atoms with van der Waals surface area (Å²) in [6.45, 7) is 6.96. The Bertz CT molecular complexity index is 383. The van der Waals surface area contributed by atoms with Gasteiger partial charge in [-0.3, -0.25) is 4.79 Å². The molecule has 0 radical (unpaired) electrons. The van der Waals surface area contributed by atoms with E-state index in [0.29, 0.717) is 5.69 Å². The van der Waals surface area contributed by atoms with E-state index in [1.807, 2.05) is 6.92 Å². The highest BCUT2D eigenvalue weighted by Crippen LogP contribution is 2.24. The van der Waals surface area contributed by atoms with Crippen molar-refractivity contribution in [2.45, 2.75) is 13.8 Å². The van der Waals surface area contributed by atoms with Crippen LogP contribution in [0.3, 0.4) is 0 Å². The maximum absolute atomic E-state index is 11.0. The molecule has 74 valence electrons. The van der Waals surface area contributed by atoms with E-state index in [1.54, 1.807) is 19.1 Å². The molecule has 0 saturated heterocycles. The Balaban J connectivity index is 3.03. The number of rotatable bonds is 2. The summed E-state index contributed by atoms with van der Waals surface area (Å²) < 4.78 is 0. The van der Waals surface area contributed by atoms with Gasteiger partial charge in [-0.25, -0.2) is 0 Å². The zero-order valence-corrected chi connectivity index (χ0v) is 8.29. The first-order valence-corrected chi connectivity index (χ1v) is 4.28. The van der Waals surface area contributed by atoms with Crippen molar-refractivity contribution in [1.29, 1.82) is 0 Å². The molecule has 0 spiro atoms. The summed E-state index contributed by atoms with van der Waals surface area (Å²) in [4.78, 5) is 11.0. The quantitative estimate of drug-likeness (QED) is 0.555. The van der Waals surface area contributed by atoms with Gasteiger partial charge in [0.25, 0.3) is 0 Å². The largest absolute Gasteiger partial charge is 0.508 e. The minimum atomic E-state index is -0.252. The number of hydrogen-bond donors (Lipinski definition) is 2. The second-order valence-corrected chi connectivity index (χ2v) is 3.15. The number of hydrogen-bond acceptors (Lipinski definition) is 2. The van der Waals surface area contributed by atoms with E-state index in [1.165, 1.54) is 6.08 Å². The molecule has 0 bridgehead atoms. The average Bonchev–Trinajstić information content (AvgIpc) is 2.14. The van der Waals surface area contributed by atoms with Crippen LogP contribution in [-0.4, -0.2) is 11.0 Å². The monoisotopic (exact) mass is 191 g/mol. The van der Waals surface area contributed by atoms with Crippen LogP contribution < -0.4 is 5.32 Å². The van der Waals surface area contributed by atoms with Gasteiger partial charge < -0.3 is 10.4 Å². The second-order valence-electron chi connectivity index (χ2n) is 3.15. The first-order chi connectivity index (χ1) is 6.54. The van der Waals surface area contributed by atoms with Crippen LogP contribution in [0.1, 0.15) is 11.1 Å². The van der Waals surface area contributed by atoms with Crippen molar-refractivity contribution in [3.8, 4) is 5.75 Å². The fraction of sp³-hybridized carbons (Fsp3) is 0.182. The molecule has 0 fully saturated rings. The molecule has 1 amide bonds. The highest BCUT2D eigenvalue weighted by atomic mass is 16.3. The smallest absolute Gasteiger partial charge is 0.247 e. The average molecular weight is 191 g/mol. The Morgan fingerprint density at radius 3 is 2.64 bits per heavy atom. The molecule has 0 aliphatic heterocycles. The van der Waals surface area contributed by atoms with Gasteiger partial charge >= 0.3 is 0 Å². The van der Waals surface area contributed by atoms with Gasteiger partial charge in [-0.05, 0) is 43.2 Å². The zero-order valence-electron chi connectivity index (χ0n) is 8.29. The molecule has 2 N–H and O–H groups in total. The third-order valence-corrected chi connectivity index (χ3v) is 1.99. The number of nitrogens with one attached hydrogen (secondary N) is 1. The van der Waals surface area contributed by atoms with Crippen molar-refractivity contribution >= 4 is 11.6 Å². The van der Waals surface area contributed by atoms with Crippen LogP contribution in [0.4, 0.5) is 5.69 Å². The summed E-state index contributed by atoms with van der Waals surface area (Å²) in [6, 6.07) is 3.35. The van der Waals surface area contributed by atoms with Crippen molar-refractivity contribution in [2.24, 2.45) is 0 Å². The number of aromatic hydroxyl groups is 1. The predicted molar refractivity (Wildman–Crippen MR) is 56.4 cm³/mol. The zero-order chi connectivity index (χ0) is 10.7. The van der Waals surface area contributed by atoms with Gasteiger partial charge in [0.15, 0.2) is 0 Å². The standard InChI is InChI=1S/C11H13NO2/c1-4-11(14)12-9-5-8(3)10(13)6-7(9)2/h4-6,13H,1H2,2-3H3,(H,12,14). The van der Waals surface area contributed by atoms with Gasteiger partial charge in [0, 0.05) is 5.69 Å². The summed E-state index contributed by atoms with van der Waals surface area (Å²) >= 11 is 0. The maximum atomic E-state index is 11.0. The molecule has 0 aliphatic rings. The number of amides is 1. The summed E-state index contributed by atoms with van der Waals surface area (Å²) in [5.74, 6) is -0.0164. The lowest BCUT2D eigenvalue weighted by Gasteiger charge is -2.08. The van der Waals surface area contributed by atoms with Crippen molar-refractivity contribution in [2.75, 3.05) is 5.32 Å². The molecule has 3 nitrogen and oxygen atoms in total. The number of benzene rings is 1. The van der Waals surface area contributed by atoms with Gasteiger partial charge in [0.2, 0.25) is 5.91 Å². The molecule has 0 atom stereocenters. The number of aryl methyl sites for hydroxylation is 2. The van der Waals surface area contributed by atoms with Gasteiger partial charge in [0.05, 0.1) is 0 Å². The third-order valence-electron chi connectivity index (χ3n) is 1.99. The SMILES string of the molecule is C=CC(=O)Nc1cc(C)c(O)cc1C. The van der Waals surface area contributed by atoms with Crippen LogP contribution in [0.5, 0.6) is 5.75 Å². The molecule has 1 rings (SSSR count). The van der Waals surface area contributed by atoms with Crippen LogP contribution in [0.15, 0.2) is 24.8 Å². The third kappa shape index (κ3) is 2.13. The van der Waals surface area contributed by atoms with Gasteiger partial charge in [-0.1, -0.05) is 6.58 Å². The number of phenolic OH excluding ortho intramolecular Hbond substituents is 1. The summed E-state index contributed by atoms with van der Waals surface area (Å²) in [6.07, 6.45) is 1.21. The number of carbonyl (C=O) groups is 1. The van der Waals surface area contributed by atoms with E-state index >= 15 is 0 Å². The Kier molecular flexibility index (Phi) is 2.92. The second kappa shape index (κ2) is 3.96. The van der Waals surface area contributed by atoms with Crippen molar-refractivity contribution < 1.29 is 9.90 Å². The van der Waals surface area contributed by atoms with Gasteiger partial charge in [-0.15, -0.1) is 0 Å². The fourth-order valence-corrected chi connectivity index (χ4v) is 1.12. The molecule has 0 aliphatic carbocycles. The van der Waals surface area contributed by atoms with Gasteiger partial charge in [0.1, 0.15) is 5.75 Å². The summed E-state index contributed by atoms with van der Waals surface area (Å²) in [5.41, 5.74) is 2.25. The van der Waals surface area contributed by atoms with E-state index < -0.39 is 0 Å². The van der Waals surface area contributed by atoms with Crippen LogP contribution >= 0.6 is 0 Å². The minimum absolute atomic E-state index is 0.235. The first-order valence-electron chi connectivity index (χ1n) is 4.28. The van der Waals surface area contributed by atoms with E-state index in [4.69, 9.17) is 0 Å². The Morgan fingerprint density at radius 1 is 1.43 bits per heavy atom. The van der Waals surface area contributed by atoms with Crippen molar-refractivity contribution in [3.63, 3.8) is 0 Å². The Labute approximate surface area is 83.1 Å². The normalized spacial score (nSPS) is 9.57. The lowest BCUT2D eigenvalue weighted by atomic mass is 10.1. The fourth-order valence-electron chi connectivity index (χ4n) is 1.12. The Morgan fingerprint density at radius 2 is 2.07 bits per heavy atom. The van der Waals surface area contributed by atoms with Crippen molar-refractivity contribution in [3.05, 3.63) is 35.9 Å². The lowest BCUT2D eigenvalue weighted by molar-refractivity contribution is -0.111. The first kappa shape index (κ1) is 10.3. The maximum Gasteiger partial charge on any atom is 0.247 e. The molecule has 3 heteroatoms. The van der Waals surface area contributed by atoms with E-state index in [-0.39, 0.29) is 11.7 Å². The summed E-state index contributed by atoms with van der Waals surface area (Å²) in [7, 11) is 0. The molecular weight excluding hydrogens is 178 g/mol. The molecule has 0 unspecified atom stereocenters. The van der Waals surface area contributed by atoms with Crippen molar-refractivity contribution in [1.82, 2.24) is 0 Å². The van der Waals surface area contributed by atoms with E-state index in [0.717, 1.165) is 11.1 Å². The Hall–Kier alpha value is -1.77. The van der Waals surface area contributed by atoms with Crippen LogP contribution in [-0.2, 0) is 4.79 Å². The van der Waals surface area contributed by atoms with Crippen LogP contribution in [0, 0.1) is 13.8 Å². The van der Waals surface area contributed by atoms with Gasteiger partial charge in [-0.2, -0.15) is 0 Å². The molecule has 0 heterocycles. The van der Waals surface area contributed by atoms with Crippen LogP contribution in [0.25, 0.3) is 0 Å². The van der Waals surface area contributed by atoms with E-state index in [2.05, 4.69) is 11.9 Å². The predicted octanol–water partition coefficient (Wildman–Crippen LogP) is 2.13. The molecule has 14 heavy (non-hydrogen) atoms. The summed E-state index contributed by atoms with van der Waals surface area (Å²) in [5, 5.41) is 12.0. The minimum Gasteiger partial charge on any atom is -0.508 e. The molecule has 1 aromatic rings.